The standard InChI is InChI=1S/C26H18Cl3N3O/c1-16-22(26(33)32(30-16)20-6-4-5-19(27)13-20)12-18-15-31(25-8-3-2-7-21(18)25)14-17-9-10-23(28)24(29)11-17/h2-13,15H,14H2,1H3/b22-12+. The zero-order chi connectivity index (χ0) is 23.1. The fraction of sp³-hybridized carbons (Fsp3) is 0.0769. The van der Waals surface area contributed by atoms with Crippen molar-refractivity contribution in [1.29, 1.82) is 0 Å². The van der Waals surface area contributed by atoms with Crippen molar-refractivity contribution < 1.29 is 4.79 Å². The van der Waals surface area contributed by atoms with Gasteiger partial charge >= 0.3 is 0 Å². The lowest BCUT2D eigenvalue weighted by Crippen LogP contribution is -2.21. The summed E-state index contributed by atoms with van der Waals surface area (Å²) in [5.74, 6) is -0.184. The molecule has 0 bridgehead atoms. The number of anilines is 1. The van der Waals surface area contributed by atoms with E-state index in [0.29, 0.717) is 38.6 Å². The Kier molecular flexibility index (Phi) is 5.75. The first kappa shape index (κ1) is 21.8. The molecule has 0 saturated heterocycles. The van der Waals surface area contributed by atoms with Crippen LogP contribution in [0, 0.1) is 0 Å². The van der Waals surface area contributed by atoms with Crippen LogP contribution in [0.25, 0.3) is 17.0 Å². The minimum atomic E-state index is -0.184. The van der Waals surface area contributed by atoms with Gasteiger partial charge in [0, 0.05) is 34.2 Å². The van der Waals surface area contributed by atoms with Crippen molar-refractivity contribution >= 4 is 69.1 Å². The number of para-hydroxylation sites is 1. The van der Waals surface area contributed by atoms with E-state index in [4.69, 9.17) is 34.8 Å². The van der Waals surface area contributed by atoms with Crippen molar-refractivity contribution in [3.8, 4) is 0 Å². The van der Waals surface area contributed by atoms with Gasteiger partial charge in [0.1, 0.15) is 0 Å². The van der Waals surface area contributed by atoms with Gasteiger partial charge in [-0.15, -0.1) is 0 Å². The first-order valence-corrected chi connectivity index (χ1v) is 11.4. The second kappa shape index (κ2) is 8.71. The van der Waals surface area contributed by atoms with Crippen molar-refractivity contribution in [1.82, 2.24) is 4.57 Å². The Bertz CT molecular complexity index is 1470. The topological polar surface area (TPSA) is 37.6 Å². The molecule has 0 unspecified atom stereocenters. The summed E-state index contributed by atoms with van der Waals surface area (Å²) < 4.78 is 2.14. The van der Waals surface area contributed by atoms with Crippen LogP contribution in [0.1, 0.15) is 18.1 Å². The number of carbonyl (C=O) groups excluding carboxylic acids is 1. The molecule has 0 aliphatic carbocycles. The third-order valence-corrected chi connectivity index (χ3v) is 6.55. The van der Waals surface area contributed by atoms with Gasteiger partial charge in [0.2, 0.25) is 0 Å². The second-order valence-electron chi connectivity index (χ2n) is 7.82. The SMILES string of the molecule is CC1=NN(c2cccc(Cl)c2)C(=O)/C1=C/c1cn(Cc2ccc(Cl)c(Cl)c2)c2ccccc12. The van der Waals surface area contributed by atoms with E-state index in [2.05, 4.69) is 15.7 Å². The lowest BCUT2D eigenvalue weighted by molar-refractivity contribution is -0.114. The van der Waals surface area contributed by atoms with Crippen molar-refractivity contribution in [2.24, 2.45) is 5.10 Å². The summed E-state index contributed by atoms with van der Waals surface area (Å²) in [6, 6.07) is 20.8. The molecule has 0 spiro atoms. The van der Waals surface area contributed by atoms with Crippen LogP contribution in [-0.4, -0.2) is 16.2 Å². The van der Waals surface area contributed by atoms with Gasteiger partial charge in [-0.25, -0.2) is 0 Å². The van der Waals surface area contributed by atoms with Crippen molar-refractivity contribution in [2.75, 3.05) is 5.01 Å². The molecule has 1 aromatic heterocycles. The summed E-state index contributed by atoms with van der Waals surface area (Å²) >= 11 is 18.4. The average molecular weight is 495 g/mol. The summed E-state index contributed by atoms with van der Waals surface area (Å²) in [5, 5.41) is 8.52. The van der Waals surface area contributed by atoms with Gasteiger partial charge in [-0.3, -0.25) is 4.79 Å². The number of carbonyl (C=O) groups is 1. The zero-order valence-electron chi connectivity index (χ0n) is 17.6. The van der Waals surface area contributed by atoms with Crippen LogP contribution in [0.5, 0.6) is 0 Å². The highest BCUT2D eigenvalue weighted by Crippen LogP contribution is 2.30. The molecule has 0 radical (unpaired) electrons. The van der Waals surface area contributed by atoms with E-state index in [1.165, 1.54) is 5.01 Å². The largest absolute Gasteiger partial charge is 0.342 e. The molecule has 5 rings (SSSR count). The number of hydrazone groups is 1. The Balaban J connectivity index is 1.53. The van der Waals surface area contributed by atoms with E-state index in [0.717, 1.165) is 22.0 Å². The quantitative estimate of drug-likeness (QED) is 0.271. The summed E-state index contributed by atoms with van der Waals surface area (Å²) in [5.41, 5.74) is 4.87. The minimum Gasteiger partial charge on any atom is -0.342 e. The van der Waals surface area contributed by atoms with Gasteiger partial charge < -0.3 is 4.57 Å². The van der Waals surface area contributed by atoms with Crippen LogP contribution < -0.4 is 5.01 Å². The normalized spacial score (nSPS) is 15.0. The molecule has 0 atom stereocenters. The smallest absolute Gasteiger partial charge is 0.280 e. The highest BCUT2D eigenvalue weighted by atomic mass is 35.5. The van der Waals surface area contributed by atoms with Crippen molar-refractivity contribution in [3.05, 3.63) is 105 Å². The molecule has 3 aromatic carbocycles. The number of hydrogen-bond donors (Lipinski definition) is 0. The Hall–Kier alpha value is -3.05. The Labute approximate surface area is 206 Å². The van der Waals surface area contributed by atoms with E-state index >= 15 is 0 Å². The van der Waals surface area contributed by atoms with Crippen LogP contribution >= 0.6 is 34.8 Å². The van der Waals surface area contributed by atoms with Gasteiger partial charge in [0.05, 0.1) is 27.0 Å². The summed E-state index contributed by atoms with van der Waals surface area (Å²) in [4.78, 5) is 13.2. The van der Waals surface area contributed by atoms with Gasteiger partial charge in [0.15, 0.2) is 0 Å². The predicted octanol–water partition coefficient (Wildman–Crippen LogP) is 7.46. The lowest BCUT2D eigenvalue weighted by atomic mass is 10.1. The van der Waals surface area contributed by atoms with Crippen molar-refractivity contribution in [2.45, 2.75) is 13.5 Å². The number of nitrogens with zero attached hydrogens (tertiary/aromatic N) is 3. The number of fused-ring (bicyclic) bond motifs is 1. The van der Waals surface area contributed by atoms with Crippen LogP contribution in [0.4, 0.5) is 5.69 Å². The van der Waals surface area contributed by atoms with E-state index < -0.39 is 0 Å². The van der Waals surface area contributed by atoms with E-state index in [-0.39, 0.29) is 5.91 Å². The maximum absolute atomic E-state index is 13.2. The highest BCUT2D eigenvalue weighted by Gasteiger charge is 2.29. The molecule has 0 fully saturated rings. The molecule has 2 heterocycles. The number of benzene rings is 3. The molecule has 1 amide bonds. The molecule has 0 saturated carbocycles. The summed E-state index contributed by atoms with van der Waals surface area (Å²) in [6.07, 6.45) is 3.95. The van der Waals surface area contributed by atoms with E-state index in [1.54, 1.807) is 24.3 Å². The Morgan fingerprint density at radius 2 is 1.76 bits per heavy atom. The molecule has 7 heteroatoms. The predicted molar refractivity (Wildman–Crippen MR) is 138 cm³/mol. The number of aromatic nitrogens is 1. The second-order valence-corrected chi connectivity index (χ2v) is 9.07. The maximum Gasteiger partial charge on any atom is 0.280 e. The van der Waals surface area contributed by atoms with Crippen molar-refractivity contribution in [3.63, 3.8) is 0 Å². The van der Waals surface area contributed by atoms with E-state index in [9.17, 15) is 4.79 Å². The fourth-order valence-corrected chi connectivity index (χ4v) is 4.48. The van der Waals surface area contributed by atoms with Crippen LogP contribution in [0.3, 0.4) is 0 Å². The number of hydrogen-bond acceptors (Lipinski definition) is 2. The summed E-state index contributed by atoms with van der Waals surface area (Å²) in [7, 11) is 0. The lowest BCUT2D eigenvalue weighted by Gasteiger charge is -2.11. The maximum atomic E-state index is 13.2. The number of halogens is 3. The molecule has 0 N–H and O–H groups in total. The average Bonchev–Trinajstić information content (AvgIpc) is 3.29. The van der Waals surface area contributed by atoms with Crippen LogP contribution in [0.15, 0.2) is 83.6 Å². The molecule has 4 nitrogen and oxygen atoms in total. The first-order valence-electron chi connectivity index (χ1n) is 10.3. The molecule has 33 heavy (non-hydrogen) atoms. The molecule has 164 valence electrons. The Morgan fingerprint density at radius 1 is 0.939 bits per heavy atom. The number of amides is 1. The molecule has 1 aliphatic rings. The van der Waals surface area contributed by atoms with Gasteiger partial charge in [-0.2, -0.15) is 10.1 Å². The summed E-state index contributed by atoms with van der Waals surface area (Å²) in [6.45, 7) is 2.46. The minimum absolute atomic E-state index is 0.184. The van der Waals surface area contributed by atoms with E-state index in [1.807, 2.05) is 55.6 Å². The first-order chi connectivity index (χ1) is 15.9. The Morgan fingerprint density at radius 3 is 2.55 bits per heavy atom. The third kappa shape index (κ3) is 4.18. The third-order valence-electron chi connectivity index (χ3n) is 5.57. The van der Waals surface area contributed by atoms with Crippen LogP contribution in [0.2, 0.25) is 15.1 Å². The van der Waals surface area contributed by atoms with Gasteiger partial charge in [0.25, 0.3) is 5.91 Å². The highest BCUT2D eigenvalue weighted by molar-refractivity contribution is 6.42. The number of rotatable bonds is 4. The molecular weight excluding hydrogens is 477 g/mol. The zero-order valence-corrected chi connectivity index (χ0v) is 19.9. The van der Waals surface area contributed by atoms with Gasteiger partial charge in [-0.1, -0.05) is 65.1 Å². The van der Waals surface area contributed by atoms with Gasteiger partial charge in [-0.05, 0) is 55.0 Å². The molecule has 1 aliphatic heterocycles. The van der Waals surface area contributed by atoms with Crippen LogP contribution in [-0.2, 0) is 11.3 Å². The molecule has 4 aromatic rings. The fourth-order valence-electron chi connectivity index (χ4n) is 3.98. The monoisotopic (exact) mass is 493 g/mol. The molecular formula is C26H18Cl3N3O.